The number of rotatable bonds is 2. The van der Waals surface area contributed by atoms with Crippen molar-refractivity contribution < 1.29 is 0 Å². The molecule has 0 atom stereocenters. The first-order valence-corrected chi connectivity index (χ1v) is 6.58. The van der Waals surface area contributed by atoms with Gasteiger partial charge in [0.15, 0.2) is 0 Å². The molecule has 1 aliphatic carbocycles. The van der Waals surface area contributed by atoms with Gasteiger partial charge in [-0.3, -0.25) is 4.99 Å². The third-order valence-electron chi connectivity index (χ3n) is 1.41. The molecule has 0 spiro atoms. The van der Waals surface area contributed by atoms with Crippen LogP contribution in [-0.2, 0) is 0 Å². The lowest BCUT2D eigenvalue weighted by molar-refractivity contribution is 1.26. The van der Waals surface area contributed by atoms with Gasteiger partial charge < -0.3 is 0 Å². The smallest absolute Gasteiger partial charge is 0.0260 e. The van der Waals surface area contributed by atoms with E-state index in [0.29, 0.717) is 0 Å². The summed E-state index contributed by atoms with van der Waals surface area (Å²) in [6, 6.07) is 0. The van der Waals surface area contributed by atoms with E-state index in [4.69, 9.17) is 0 Å². The molecule has 98 valence electrons. The van der Waals surface area contributed by atoms with Gasteiger partial charge in [0.25, 0.3) is 0 Å². The standard InChI is InChI=1S/C10H11N.3C2H6/c1-11-9-5-8-10-6-3-2-4-7-10;3*1-2/h2-6,8-9H,1,7H2;3*1-2H3/b9-5-,10-8?;;;. The molecule has 0 unspecified atom stereocenters. The van der Waals surface area contributed by atoms with Gasteiger partial charge >= 0.3 is 0 Å². The Bertz CT molecular complexity index is 242. The van der Waals surface area contributed by atoms with Gasteiger partial charge in [0.05, 0.1) is 0 Å². The number of aliphatic imine (C=N–C) groups is 1. The van der Waals surface area contributed by atoms with Gasteiger partial charge in [-0.25, -0.2) is 0 Å². The topological polar surface area (TPSA) is 12.4 Å². The van der Waals surface area contributed by atoms with E-state index in [1.807, 2.05) is 65.8 Å². The van der Waals surface area contributed by atoms with Crippen molar-refractivity contribution in [1.82, 2.24) is 0 Å². The highest BCUT2D eigenvalue weighted by Crippen LogP contribution is 2.09. The molecule has 0 aliphatic heterocycles. The van der Waals surface area contributed by atoms with E-state index in [9.17, 15) is 0 Å². The SMILES string of the molecule is C=N/C=C\C=C1C=CC=CC1.CC.CC.CC. The lowest BCUT2D eigenvalue weighted by atomic mass is 10.1. The Kier molecular flexibility index (Phi) is 29.7. The molecule has 0 saturated carbocycles. The largest absolute Gasteiger partial charge is 0.273 e. The average Bonchev–Trinajstić information content (AvgIpc) is 2.47. The zero-order valence-corrected chi connectivity index (χ0v) is 12.4. The van der Waals surface area contributed by atoms with Crippen molar-refractivity contribution >= 4 is 6.72 Å². The summed E-state index contributed by atoms with van der Waals surface area (Å²) in [6.07, 6.45) is 14.9. The number of allylic oxidation sites excluding steroid dienone is 7. The Balaban J connectivity index is -0.000000285. The third-order valence-corrected chi connectivity index (χ3v) is 1.41. The Morgan fingerprint density at radius 3 is 2.06 bits per heavy atom. The lowest BCUT2D eigenvalue weighted by Gasteiger charge is -1.98. The second kappa shape index (κ2) is 24.1. The summed E-state index contributed by atoms with van der Waals surface area (Å²) in [5.41, 5.74) is 1.30. The average molecular weight is 235 g/mol. The summed E-state index contributed by atoms with van der Waals surface area (Å²) in [4.78, 5) is 3.60. The van der Waals surface area contributed by atoms with Crippen molar-refractivity contribution in [2.24, 2.45) is 4.99 Å². The van der Waals surface area contributed by atoms with E-state index >= 15 is 0 Å². The summed E-state index contributed by atoms with van der Waals surface area (Å²) in [6.45, 7) is 15.3. The molecule has 1 aliphatic rings. The van der Waals surface area contributed by atoms with E-state index in [1.54, 1.807) is 6.20 Å². The third kappa shape index (κ3) is 17.3. The predicted octanol–water partition coefficient (Wildman–Crippen LogP) is 5.72. The molecule has 17 heavy (non-hydrogen) atoms. The minimum Gasteiger partial charge on any atom is -0.273 e. The Hall–Kier alpha value is -1.37. The van der Waals surface area contributed by atoms with E-state index in [2.05, 4.69) is 23.9 Å². The van der Waals surface area contributed by atoms with Gasteiger partial charge in [-0.2, -0.15) is 0 Å². The van der Waals surface area contributed by atoms with Gasteiger partial charge in [-0.15, -0.1) is 0 Å². The van der Waals surface area contributed by atoms with Gasteiger partial charge in [-0.1, -0.05) is 71.9 Å². The van der Waals surface area contributed by atoms with Crippen LogP contribution in [0.4, 0.5) is 0 Å². The fourth-order valence-corrected chi connectivity index (χ4v) is 0.881. The summed E-state index contributed by atoms with van der Waals surface area (Å²) in [5.74, 6) is 0. The van der Waals surface area contributed by atoms with Gasteiger partial charge in [0, 0.05) is 6.20 Å². The molecular weight excluding hydrogens is 206 g/mol. The van der Waals surface area contributed by atoms with Crippen LogP contribution in [0.3, 0.4) is 0 Å². The van der Waals surface area contributed by atoms with Crippen molar-refractivity contribution in [3.8, 4) is 0 Å². The summed E-state index contributed by atoms with van der Waals surface area (Å²) >= 11 is 0. The second-order valence-corrected chi connectivity index (χ2v) is 2.26. The summed E-state index contributed by atoms with van der Waals surface area (Å²) in [5, 5.41) is 0. The maximum Gasteiger partial charge on any atom is 0.0260 e. The van der Waals surface area contributed by atoms with Crippen LogP contribution in [0.1, 0.15) is 48.0 Å². The minimum absolute atomic E-state index is 1.01. The Labute approximate surface area is 108 Å². The van der Waals surface area contributed by atoms with Crippen LogP contribution in [0.25, 0.3) is 0 Å². The molecule has 0 heterocycles. The van der Waals surface area contributed by atoms with Crippen LogP contribution in [0.5, 0.6) is 0 Å². The van der Waals surface area contributed by atoms with Gasteiger partial charge in [0.2, 0.25) is 0 Å². The normalized spacial score (nSPS) is 13.9. The first-order valence-electron chi connectivity index (χ1n) is 6.58. The molecule has 1 nitrogen and oxygen atoms in total. The molecule has 0 fully saturated rings. The molecular formula is C16H29N. The van der Waals surface area contributed by atoms with Crippen LogP contribution in [0, 0.1) is 0 Å². The van der Waals surface area contributed by atoms with Crippen molar-refractivity contribution in [2.75, 3.05) is 0 Å². The van der Waals surface area contributed by atoms with Crippen molar-refractivity contribution in [3.63, 3.8) is 0 Å². The lowest BCUT2D eigenvalue weighted by Crippen LogP contribution is -1.78. The van der Waals surface area contributed by atoms with E-state index in [-0.39, 0.29) is 0 Å². The fraction of sp³-hybridized carbons (Fsp3) is 0.438. The first kappa shape index (κ1) is 21.0. The van der Waals surface area contributed by atoms with Crippen LogP contribution >= 0.6 is 0 Å². The maximum atomic E-state index is 3.60. The van der Waals surface area contributed by atoms with E-state index in [1.165, 1.54) is 5.57 Å². The second-order valence-electron chi connectivity index (χ2n) is 2.26. The molecule has 0 bridgehead atoms. The number of hydrogen-bond donors (Lipinski definition) is 0. The van der Waals surface area contributed by atoms with Crippen LogP contribution in [0.2, 0.25) is 0 Å². The molecule has 0 aromatic carbocycles. The minimum atomic E-state index is 1.01. The van der Waals surface area contributed by atoms with Crippen LogP contribution < -0.4 is 0 Å². The summed E-state index contributed by atoms with van der Waals surface area (Å²) in [7, 11) is 0. The van der Waals surface area contributed by atoms with Crippen LogP contribution in [0.15, 0.2) is 53.2 Å². The summed E-state index contributed by atoms with van der Waals surface area (Å²) < 4.78 is 0. The van der Waals surface area contributed by atoms with E-state index in [0.717, 1.165) is 6.42 Å². The highest BCUT2D eigenvalue weighted by atomic mass is 14.6. The zero-order chi connectivity index (χ0) is 13.9. The molecule has 0 saturated heterocycles. The van der Waals surface area contributed by atoms with Crippen molar-refractivity contribution in [1.29, 1.82) is 0 Å². The first-order chi connectivity index (χ1) is 8.43. The van der Waals surface area contributed by atoms with E-state index < -0.39 is 0 Å². The molecule has 0 N–H and O–H groups in total. The van der Waals surface area contributed by atoms with Crippen molar-refractivity contribution in [3.05, 3.63) is 48.2 Å². The molecule has 0 radical (unpaired) electrons. The Morgan fingerprint density at radius 1 is 1.06 bits per heavy atom. The van der Waals surface area contributed by atoms with Gasteiger partial charge in [-0.05, 0) is 24.8 Å². The highest BCUT2D eigenvalue weighted by Gasteiger charge is 1.89. The zero-order valence-electron chi connectivity index (χ0n) is 12.4. The molecule has 1 heteroatoms. The fourth-order valence-electron chi connectivity index (χ4n) is 0.881. The molecule has 1 rings (SSSR count). The highest BCUT2D eigenvalue weighted by molar-refractivity contribution is 5.32. The van der Waals surface area contributed by atoms with Crippen LogP contribution in [-0.4, -0.2) is 6.72 Å². The molecule has 0 amide bonds. The predicted molar refractivity (Wildman–Crippen MR) is 83.7 cm³/mol. The van der Waals surface area contributed by atoms with Gasteiger partial charge in [0.1, 0.15) is 0 Å². The Morgan fingerprint density at radius 2 is 1.65 bits per heavy atom. The monoisotopic (exact) mass is 235 g/mol. The quantitative estimate of drug-likeness (QED) is 0.543. The molecule has 0 aromatic heterocycles. The number of hydrogen-bond acceptors (Lipinski definition) is 1. The van der Waals surface area contributed by atoms with Crippen molar-refractivity contribution in [2.45, 2.75) is 48.0 Å². The molecule has 0 aromatic rings. The maximum absolute atomic E-state index is 3.60. The number of nitrogens with zero attached hydrogens (tertiary/aromatic N) is 1.